The van der Waals surface area contributed by atoms with E-state index in [1.807, 2.05) is 30.3 Å². The Kier molecular flexibility index (Phi) is 8.53. The molecule has 4 rings (SSSR count). The maximum absolute atomic E-state index is 12.5. The monoisotopic (exact) mass is 744 g/mol. The molecule has 1 N–H and O–H groups in total. The standard InChI is InChI=1S/C25H19BrI2N2O2S/c1-2-15-5-9-19(10-6-15)29-25-30-24(31)22(33-25)13-17-11-20(26)23(21(28)12-17)32-14-16-3-7-18(27)8-4-16/h3-13H,2,14H2,1H3,(H,29,30,31)/b22-13-. The van der Waals surface area contributed by atoms with Crippen LogP contribution >= 0.6 is 72.9 Å². The van der Waals surface area contributed by atoms with Crippen LogP contribution in [0.5, 0.6) is 5.75 Å². The van der Waals surface area contributed by atoms with Gasteiger partial charge in [0.1, 0.15) is 12.4 Å². The van der Waals surface area contributed by atoms with Gasteiger partial charge in [-0.25, -0.2) is 4.99 Å². The quantitative estimate of drug-likeness (QED) is 0.208. The van der Waals surface area contributed by atoms with Gasteiger partial charge in [0.2, 0.25) is 0 Å². The summed E-state index contributed by atoms with van der Waals surface area (Å²) in [5, 5.41) is 3.44. The number of nitrogens with one attached hydrogen (secondary N) is 1. The van der Waals surface area contributed by atoms with Crippen LogP contribution in [0.3, 0.4) is 0 Å². The first-order chi connectivity index (χ1) is 15.9. The lowest BCUT2D eigenvalue weighted by atomic mass is 10.2. The Balaban J connectivity index is 1.48. The molecule has 1 saturated heterocycles. The van der Waals surface area contributed by atoms with E-state index in [1.54, 1.807) is 0 Å². The third-order valence-corrected chi connectivity index (χ3v) is 7.86. The smallest absolute Gasteiger partial charge is 0.264 e. The highest BCUT2D eigenvalue weighted by atomic mass is 127. The molecule has 0 atom stereocenters. The van der Waals surface area contributed by atoms with Crippen molar-refractivity contribution < 1.29 is 9.53 Å². The molecule has 0 bridgehead atoms. The molecule has 0 spiro atoms. The Labute approximate surface area is 233 Å². The number of amides is 1. The molecule has 168 valence electrons. The Morgan fingerprint density at radius 1 is 1.06 bits per heavy atom. The molecule has 1 amide bonds. The minimum atomic E-state index is -0.144. The summed E-state index contributed by atoms with van der Waals surface area (Å²) in [7, 11) is 0. The number of carbonyl (C=O) groups excluding carboxylic acids is 1. The Hall–Kier alpha value is -1.37. The fourth-order valence-corrected chi connectivity index (χ4v) is 6.06. The highest BCUT2D eigenvalue weighted by Crippen LogP contribution is 2.35. The van der Waals surface area contributed by atoms with E-state index in [0.29, 0.717) is 16.7 Å². The summed E-state index contributed by atoms with van der Waals surface area (Å²) in [4.78, 5) is 17.6. The maximum atomic E-state index is 12.5. The van der Waals surface area contributed by atoms with Gasteiger partial charge in [0.05, 0.1) is 18.6 Å². The second-order valence-corrected chi connectivity index (χ2v) is 11.5. The number of amidine groups is 1. The normalized spacial score (nSPS) is 15.8. The lowest BCUT2D eigenvalue weighted by Gasteiger charge is -2.12. The lowest BCUT2D eigenvalue weighted by Crippen LogP contribution is -2.19. The van der Waals surface area contributed by atoms with Crippen LogP contribution in [0.25, 0.3) is 6.08 Å². The van der Waals surface area contributed by atoms with Crippen LogP contribution < -0.4 is 10.1 Å². The van der Waals surface area contributed by atoms with E-state index in [0.717, 1.165) is 37.0 Å². The van der Waals surface area contributed by atoms with E-state index in [1.165, 1.54) is 20.9 Å². The zero-order valence-corrected chi connectivity index (χ0v) is 24.3. The van der Waals surface area contributed by atoms with Crippen molar-refractivity contribution in [1.82, 2.24) is 5.32 Å². The summed E-state index contributed by atoms with van der Waals surface area (Å²) >= 11 is 9.52. The van der Waals surface area contributed by atoms with Crippen LogP contribution in [-0.4, -0.2) is 11.1 Å². The average Bonchev–Trinajstić information content (AvgIpc) is 3.13. The lowest BCUT2D eigenvalue weighted by molar-refractivity contribution is -0.115. The molecule has 4 nitrogen and oxygen atoms in total. The minimum absolute atomic E-state index is 0.144. The highest BCUT2D eigenvalue weighted by Gasteiger charge is 2.24. The fraction of sp³-hybridized carbons (Fsp3) is 0.120. The van der Waals surface area contributed by atoms with Gasteiger partial charge in [-0.2, -0.15) is 0 Å². The second-order valence-electron chi connectivity index (χ2n) is 7.23. The second kappa shape index (κ2) is 11.4. The Morgan fingerprint density at radius 3 is 2.42 bits per heavy atom. The van der Waals surface area contributed by atoms with Gasteiger partial charge in [-0.1, -0.05) is 31.2 Å². The molecule has 1 heterocycles. The van der Waals surface area contributed by atoms with Crippen LogP contribution in [0.4, 0.5) is 5.69 Å². The van der Waals surface area contributed by atoms with E-state index in [4.69, 9.17) is 4.74 Å². The Bertz CT molecular complexity index is 1220. The van der Waals surface area contributed by atoms with Gasteiger partial charge in [-0.15, -0.1) is 0 Å². The van der Waals surface area contributed by atoms with Gasteiger partial charge in [0.25, 0.3) is 5.91 Å². The van der Waals surface area contributed by atoms with Crippen molar-refractivity contribution in [3.63, 3.8) is 0 Å². The number of ether oxygens (including phenoxy) is 1. The van der Waals surface area contributed by atoms with E-state index in [2.05, 4.69) is 115 Å². The van der Waals surface area contributed by atoms with Crippen LogP contribution in [0.1, 0.15) is 23.6 Å². The van der Waals surface area contributed by atoms with Gasteiger partial charge in [0, 0.05) is 3.57 Å². The first kappa shape index (κ1) is 24.7. The molecular formula is C25H19BrI2N2O2S. The number of benzene rings is 3. The number of thioether (sulfide) groups is 1. The molecule has 3 aromatic rings. The molecule has 0 aliphatic carbocycles. The summed E-state index contributed by atoms with van der Waals surface area (Å²) in [5.41, 5.74) is 4.11. The van der Waals surface area contributed by atoms with E-state index < -0.39 is 0 Å². The number of aryl methyl sites for hydroxylation is 1. The largest absolute Gasteiger partial charge is 0.487 e. The van der Waals surface area contributed by atoms with Crippen molar-refractivity contribution in [2.24, 2.45) is 4.99 Å². The van der Waals surface area contributed by atoms with E-state index in [9.17, 15) is 4.79 Å². The van der Waals surface area contributed by atoms with Gasteiger partial charge >= 0.3 is 0 Å². The predicted molar refractivity (Wildman–Crippen MR) is 157 cm³/mol. The van der Waals surface area contributed by atoms with Crippen LogP contribution in [-0.2, 0) is 17.8 Å². The molecule has 0 radical (unpaired) electrons. The molecule has 0 saturated carbocycles. The molecule has 3 aromatic carbocycles. The molecule has 0 unspecified atom stereocenters. The summed E-state index contributed by atoms with van der Waals surface area (Å²) in [6.07, 6.45) is 2.86. The van der Waals surface area contributed by atoms with Crippen molar-refractivity contribution in [3.8, 4) is 5.75 Å². The van der Waals surface area contributed by atoms with Crippen LogP contribution in [0, 0.1) is 7.14 Å². The number of hydrogen-bond acceptors (Lipinski definition) is 4. The van der Waals surface area contributed by atoms with Gasteiger partial charge < -0.3 is 10.1 Å². The molecule has 33 heavy (non-hydrogen) atoms. The number of halogens is 3. The first-order valence-electron chi connectivity index (χ1n) is 10.2. The average molecular weight is 745 g/mol. The van der Waals surface area contributed by atoms with Crippen molar-refractivity contribution in [3.05, 3.63) is 93.9 Å². The summed E-state index contributed by atoms with van der Waals surface area (Å²) in [5.74, 6) is 0.645. The zero-order chi connectivity index (χ0) is 23.4. The minimum Gasteiger partial charge on any atom is -0.487 e. The fourth-order valence-electron chi connectivity index (χ4n) is 3.09. The zero-order valence-electron chi connectivity index (χ0n) is 17.6. The molecule has 1 aliphatic heterocycles. The number of aliphatic imine (C=N–C) groups is 1. The number of rotatable bonds is 6. The first-order valence-corrected chi connectivity index (χ1v) is 13.9. The maximum Gasteiger partial charge on any atom is 0.264 e. The van der Waals surface area contributed by atoms with Crippen molar-refractivity contribution >= 4 is 95.7 Å². The SMILES string of the molecule is CCc1ccc(N=C2NC(=O)/C(=C/c3cc(Br)c(OCc4ccc(I)cc4)c(I)c3)S2)cc1. The third-order valence-electron chi connectivity index (χ3n) is 4.84. The van der Waals surface area contributed by atoms with Crippen molar-refractivity contribution in [2.45, 2.75) is 20.0 Å². The molecule has 1 aliphatic rings. The van der Waals surface area contributed by atoms with Crippen LogP contribution in [0.15, 0.2) is 75.0 Å². The van der Waals surface area contributed by atoms with Crippen LogP contribution in [0.2, 0.25) is 0 Å². The molecule has 8 heteroatoms. The molecule has 0 aromatic heterocycles. The summed E-state index contributed by atoms with van der Waals surface area (Å²) in [6.45, 7) is 2.61. The van der Waals surface area contributed by atoms with Crippen molar-refractivity contribution in [2.75, 3.05) is 0 Å². The topological polar surface area (TPSA) is 50.7 Å². The van der Waals surface area contributed by atoms with E-state index >= 15 is 0 Å². The Morgan fingerprint density at radius 2 is 1.76 bits per heavy atom. The number of carbonyl (C=O) groups is 1. The third kappa shape index (κ3) is 6.61. The van der Waals surface area contributed by atoms with Crippen molar-refractivity contribution in [1.29, 1.82) is 0 Å². The molecule has 1 fully saturated rings. The highest BCUT2D eigenvalue weighted by molar-refractivity contribution is 14.1. The van der Waals surface area contributed by atoms with Gasteiger partial charge in [0.15, 0.2) is 5.17 Å². The van der Waals surface area contributed by atoms with Gasteiger partial charge in [-0.3, -0.25) is 4.79 Å². The van der Waals surface area contributed by atoms with E-state index in [-0.39, 0.29) is 5.91 Å². The molecular weight excluding hydrogens is 726 g/mol. The predicted octanol–water partition coefficient (Wildman–Crippen LogP) is 7.69. The summed E-state index contributed by atoms with van der Waals surface area (Å²) < 4.78 is 9.07. The van der Waals surface area contributed by atoms with Gasteiger partial charge in [-0.05, 0) is 138 Å². The number of hydrogen-bond donors (Lipinski definition) is 1. The number of nitrogens with zero attached hydrogens (tertiary/aromatic N) is 1. The summed E-state index contributed by atoms with van der Waals surface area (Å²) in [6, 6.07) is 20.3.